The van der Waals surface area contributed by atoms with E-state index < -0.39 is 0 Å². The molecule has 2 aromatic rings. The summed E-state index contributed by atoms with van der Waals surface area (Å²) in [5, 5.41) is 0. The average molecular weight is 392 g/mol. The van der Waals surface area contributed by atoms with Gasteiger partial charge in [-0.2, -0.15) is 0 Å². The van der Waals surface area contributed by atoms with Crippen LogP contribution in [0.25, 0.3) is 0 Å². The molecule has 0 spiro atoms. The summed E-state index contributed by atoms with van der Waals surface area (Å²) in [6.07, 6.45) is 1.03. The highest BCUT2D eigenvalue weighted by Gasteiger charge is 2.13. The highest BCUT2D eigenvalue weighted by molar-refractivity contribution is 9.10. The quantitative estimate of drug-likeness (QED) is 0.714. The van der Waals surface area contributed by atoms with Crippen LogP contribution in [0, 0.1) is 0 Å². The van der Waals surface area contributed by atoms with Gasteiger partial charge in [-0.3, -0.25) is 4.79 Å². The van der Waals surface area contributed by atoms with Crippen molar-refractivity contribution in [1.82, 2.24) is 4.90 Å². The molecule has 0 aromatic heterocycles. The first-order valence-corrected chi connectivity index (χ1v) is 8.52. The van der Waals surface area contributed by atoms with Gasteiger partial charge in [-0.1, -0.05) is 34.1 Å². The fraction of sp³-hybridized carbons (Fsp3) is 0.316. The van der Waals surface area contributed by atoms with Crippen LogP contribution < -0.4 is 9.47 Å². The largest absolute Gasteiger partial charge is 0.497 e. The summed E-state index contributed by atoms with van der Waals surface area (Å²) in [6.45, 7) is 0.579. The lowest BCUT2D eigenvalue weighted by molar-refractivity contribution is -0.130. The Morgan fingerprint density at radius 3 is 2.50 bits per heavy atom. The molecular formula is C19H22BrNO3. The van der Waals surface area contributed by atoms with E-state index in [2.05, 4.69) is 15.9 Å². The lowest BCUT2D eigenvalue weighted by Gasteiger charge is -2.18. The molecule has 0 atom stereocenters. The van der Waals surface area contributed by atoms with E-state index >= 15 is 0 Å². The summed E-state index contributed by atoms with van der Waals surface area (Å²) in [4.78, 5) is 14.2. The summed E-state index contributed by atoms with van der Waals surface area (Å²) >= 11 is 3.52. The zero-order valence-electron chi connectivity index (χ0n) is 14.2. The number of rotatable bonds is 7. The maximum absolute atomic E-state index is 12.4. The van der Waals surface area contributed by atoms with Crippen LogP contribution in [0.2, 0.25) is 0 Å². The molecule has 0 aliphatic rings. The van der Waals surface area contributed by atoms with Crippen molar-refractivity contribution in [2.24, 2.45) is 0 Å². The van der Waals surface area contributed by atoms with Crippen molar-refractivity contribution in [3.05, 3.63) is 58.1 Å². The molecule has 4 nitrogen and oxygen atoms in total. The summed E-state index contributed by atoms with van der Waals surface area (Å²) in [6, 6.07) is 13.6. The van der Waals surface area contributed by atoms with Crippen LogP contribution in [-0.4, -0.2) is 32.1 Å². The minimum absolute atomic E-state index is 0.0932. The van der Waals surface area contributed by atoms with Crippen LogP contribution >= 0.6 is 15.9 Å². The lowest BCUT2D eigenvalue weighted by atomic mass is 10.1. The molecule has 2 rings (SSSR count). The minimum Gasteiger partial charge on any atom is -0.497 e. The number of halogens is 1. The summed E-state index contributed by atoms with van der Waals surface area (Å²) < 4.78 is 11.6. The number of hydrogen-bond acceptors (Lipinski definition) is 3. The zero-order chi connectivity index (χ0) is 17.5. The van der Waals surface area contributed by atoms with Gasteiger partial charge in [-0.15, -0.1) is 0 Å². The van der Waals surface area contributed by atoms with Gasteiger partial charge in [0, 0.05) is 24.5 Å². The maximum atomic E-state index is 12.4. The van der Waals surface area contributed by atoms with Crippen molar-refractivity contribution in [3.63, 3.8) is 0 Å². The SMILES string of the molecule is COc1ccc(OC)c(CCC(=O)N(C)Cc2ccccc2Br)c1. The van der Waals surface area contributed by atoms with Crippen molar-refractivity contribution in [1.29, 1.82) is 0 Å². The molecule has 128 valence electrons. The summed E-state index contributed by atoms with van der Waals surface area (Å²) in [5.74, 6) is 1.63. The van der Waals surface area contributed by atoms with Crippen LogP contribution in [0.1, 0.15) is 17.5 Å². The molecule has 5 heteroatoms. The number of ether oxygens (including phenoxy) is 2. The molecule has 24 heavy (non-hydrogen) atoms. The van der Waals surface area contributed by atoms with Gasteiger partial charge in [-0.05, 0) is 41.8 Å². The Hall–Kier alpha value is -2.01. The van der Waals surface area contributed by atoms with Gasteiger partial charge in [0.2, 0.25) is 5.91 Å². The Labute approximate surface area is 151 Å². The Morgan fingerprint density at radius 1 is 1.08 bits per heavy atom. The number of aryl methyl sites for hydroxylation is 1. The first kappa shape index (κ1) is 18.3. The average Bonchev–Trinajstić information content (AvgIpc) is 2.61. The molecule has 1 amide bonds. The van der Waals surface area contributed by atoms with Crippen molar-refractivity contribution in [3.8, 4) is 11.5 Å². The first-order chi connectivity index (χ1) is 11.5. The molecule has 0 aliphatic carbocycles. The van der Waals surface area contributed by atoms with Gasteiger partial charge >= 0.3 is 0 Å². The smallest absolute Gasteiger partial charge is 0.222 e. The normalized spacial score (nSPS) is 10.3. The van der Waals surface area contributed by atoms with E-state index in [-0.39, 0.29) is 5.91 Å². The van der Waals surface area contributed by atoms with Crippen LogP contribution in [-0.2, 0) is 17.8 Å². The zero-order valence-corrected chi connectivity index (χ0v) is 15.8. The van der Waals surface area contributed by atoms with Crippen molar-refractivity contribution >= 4 is 21.8 Å². The maximum Gasteiger partial charge on any atom is 0.222 e. The van der Waals surface area contributed by atoms with Crippen LogP contribution in [0.15, 0.2) is 46.9 Å². The molecule has 0 fully saturated rings. The molecule has 0 unspecified atom stereocenters. The van der Waals surface area contributed by atoms with Gasteiger partial charge < -0.3 is 14.4 Å². The molecule has 0 N–H and O–H groups in total. The van der Waals surface area contributed by atoms with Gasteiger partial charge in [0.1, 0.15) is 11.5 Å². The second kappa shape index (κ2) is 8.73. The Morgan fingerprint density at radius 2 is 1.83 bits per heavy atom. The molecule has 0 aliphatic heterocycles. The van der Waals surface area contributed by atoms with Gasteiger partial charge in [0.15, 0.2) is 0 Å². The fourth-order valence-corrected chi connectivity index (χ4v) is 2.89. The van der Waals surface area contributed by atoms with Crippen LogP contribution in [0.4, 0.5) is 0 Å². The monoisotopic (exact) mass is 391 g/mol. The Balaban J connectivity index is 1.98. The van der Waals surface area contributed by atoms with Crippen molar-refractivity contribution < 1.29 is 14.3 Å². The number of methoxy groups -OCH3 is 2. The van der Waals surface area contributed by atoms with Crippen molar-refractivity contribution in [2.45, 2.75) is 19.4 Å². The number of amides is 1. The Bertz CT molecular complexity index is 703. The van der Waals surface area contributed by atoms with E-state index in [0.29, 0.717) is 19.4 Å². The van der Waals surface area contributed by atoms with Gasteiger partial charge in [-0.25, -0.2) is 0 Å². The number of benzene rings is 2. The highest BCUT2D eigenvalue weighted by atomic mass is 79.9. The van der Waals surface area contributed by atoms with Gasteiger partial charge in [0.25, 0.3) is 0 Å². The molecule has 0 saturated carbocycles. The van der Waals surface area contributed by atoms with E-state index in [4.69, 9.17) is 9.47 Å². The third kappa shape index (κ3) is 4.74. The Kier molecular flexibility index (Phi) is 6.67. The standard InChI is InChI=1S/C19H22BrNO3/c1-21(13-15-6-4-5-7-17(15)20)19(22)11-8-14-12-16(23-2)9-10-18(14)24-3/h4-7,9-10,12H,8,11,13H2,1-3H3. The fourth-order valence-electron chi connectivity index (χ4n) is 2.48. The topological polar surface area (TPSA) is 38.8 Å². The predicted octanol–water partition coefficient (Wildman–Crippen LogP) is 4.06. The number of hydrogen-bond donors (Lipinski definition) is 0. The molecular weight excluding hydrogens is 370 g/mol. The lowest BCUT2D eigenvalue weighted by Crippen LogP contribution is -2.26. The van der Waals surface area contributed by atoms with Gasteiger partial charge in [0.05, 0.1) is 14.2 Å². The van der Waals surface area contributed by atoms with Crippen LogP contribution in [0.3, 0.4) is 0 Å². The molecule has 0 heterocycles. The van der Waals surface area contributed by atoms with E-state index in [1.165, 1.54) is 0 Å². The highest BCUT2D eigenvalue weighted by Crippen LogP contribution is 2.25. The van der Waals surface area contributed by atoms with E-state index in [9.17, 15) is 4.79 Å². The third-order valence-corrected chi connectivity index (χ3v) is 4.66. The van der Waals surface area contributed by atoms with Crippen LogP contribution in [0.5, 0.6) is 11.5 Å². The number of carbonyl (C=O) groups is 1. The van der Waals surface area contributed by atoms with E-state index in [1.807, 2.05) is 49.5 Å². The second-order valence-electron chi connectivity index (χ2n) is 5.52. The predicted molar refractivity (Wildman–Crippen MR) is 98.5 cm³/mol. The molecule has 0 radical (unpaired) electrons. The van der Waals surface area contributed by atoms with E-state index in [0.717, 1.165) is 27.1 Å². The number of nitrogens with zero attached hydrogens (tertiary/aromatic N) is 1. The number of carbonyl (C=O) groups excluding carboxylic acids is 1. The summed E-state index contributed by atoms with van der Waals surface area (Å²) in [7, 11) is 5.08. The third-order valence-electron chi connectivity index (χ3n) is 3.89. The summed E-state index contributed by atoms with van der Waals surface area (Å²) in [5.41, 5.74) is 2.06. The van der Waals surface area contributed by atoms with E-state index in [1.54, 1.807) is 19.1 Å². The minimum atomic E-state index is 0.0932. The van der Waals surface area contributed by atoms with Crippen molar-refractivity contribution in [2.75, 3.05) is 21.3 Å². The second-order valence-corrected chi connectivity index (χ2v) is 6.37. The molecule has 2 aromatic carbocycles. The molecule has 0 bridgehead atoms. The first-order valence-electron chi connectivity index (χ1n) is 7.73. The molecule has 0 saturated heterocycles.